The van der Waals surface area contributed by atoms with Crippen molar-refractivity contribution in [3.05, 3.63) is 146 Å². The van der Waals surface area contributed by atoms with Gasteiger partial charge in [0.15, 0.2) is 0 Å². The van der Waals surface area contributed by atoms with Crippen LogP contribution < -0.4 is 0 Å². The molecule has 38 heavy (non-hydrogen) atoms. The molecule has 0 heterocycles. The molecule has 190 valence electrons. The fourth-order valence-electron chi connectivity index (χ4n) is 6.75. The molecule has 4 aromatic carbocycles. The monoisotopic (exact) mass is 550 g/mol. The molecule has 0 saturated carbocycles. The van der Waals surface area contributed by atoms with Gasteiger partial charge < -0.3 is 0 Å². The van der Waals surface area contributed by atoms with Gasteiger partial charge in [0.1, 0.15) is 28.1 Å². The summed E-state index contributed by atoms with van der Waals surface area (Å²) in [6, 6.07) is 19.9. The van der Waals surface area contributed by atoms with E-state index < -0.39 is 9.75 Å². The smallest absolute Gasteiger partial charge is 0.127 e. The van der Waals surface area contributed by atoms with Gasteiger partial charge in [-0.1, -0.05) is 54.1 Å². The molecule has 0 unspecified atom stereocenters. The van der Waals surface area contributed by atoms with E-state index in [-0.39, 0.29) is 23.3 Å². The quantitative estimate of drug-likeness (QED) is 0.152. The van der Waals surface area contributed by atoms with Crippen molar-refractivity contribution in [2.24, 2.45) is 0 Å². The van der Waals surface area contributed by atoms with E-state index >= 15 is 0 Å². The van der Waals surface area contributed by atoms with Crippen LogP contribution in [0.25, 0.3) is 5.57 Å². The summed E-state index contributed by atoms with van der Waals surface area (Å²) < 4.78 is 55.5. The standard InChI is InChI=1S/C16H10Cl2F2.C16H10F2/c17-15-7-9-11(3-1-5-13(9)19)16(15,18)12-4-2-6-14(20)10(12)8-15;17-14-5-1-3-10-12(14)7-9-8-13-11(16(9)10)4-2-6-15(13)18/h1-6H,7-8H2;1-6H,7-8H2. The Bertz CT molecular complexity index is 1590. The molecule has 4 aromatic rings. The highest BCUT2D eigenvalue weighted by molar-refractivity contribution is 6.38. The lowest BCUT2D eigenvalue weighted by molar-refractivity contribution is 0.532. The summed E-state index contributed by atoms with van der Waals surface area (Å²) in [6.45, 7) is 0. The van der Waals surface area contributed by atoms with Crippen LogP contribution in [0.2, 0.25) is 0 Å². The van der Waals surface area contributed by atoms with Crippen LogP contribution >= 0.6 is 23.2 Å². The lowest BCUT2D eigenvalue weighted by Crippen LogP contribution is -2.37. The minimum Gasteiger partial charge on any atom is -0.207 e. The molecule has 0 atom stereocenters. The van der Waals surface area contributed by atoms with Crippen LogP contribution in [0.4, 0.5) is 17.6 Å². The Morgan fingerprint density at radius 1 is 0.526 bits per heavy atom. The van der Waals surface area contributed by atoms with Gasteiger partial charge in [-0.2, -0.15) is 0 Å². The molecule has 6 heteroatoms. The molecule has 0 saturated heterocycles. The average molecular weight is 551 g/mol. The molecule has 0 radical (unpaired) electrons. The molecule has 0 N–H and O–H groups in total. The van der Waals surface area contributed by atoms with Crippen molar-refractivity contribution < 1.29 is 17.6 Å². The van der Waals surface area contributed by atoms with Gasteiger partial charge in [-0.25, -0.2) is 17.6 Å². The first-order chi connectivity index (χ1) is 18.2. The number of benzene rings is 4. The summed E-state index contributed by atoms with van der Waals surface area (Å²) in [5.74, 6) is -0.899. The Kier molecular flexibility index (Phi) is 5.18. The van der Waals surface area contributed by atoms with Crippen LogP contribution in [0, 0.1) is 23.3 Å². The van der Waals surface area contributed by atoms with Crippen molar-refractivity contribution in [1.82, 2.24) is 0 Å². The molecule has 0 spiro atoms. The number of hydrogen-bond donors (Lipinski definition) is 0. The maximum atomic E-state index is 14.0. The van der Waals surface area contributed by atoms with Gasteiger partial charge >= 0.3 is 0 Å². The summed E-state index contributed by atoms with van der Waals surface area (Å²) in [5.41, 5.74) is 8.03. The predicted octanol–water partition coefficient (Wildman–Crippen LogP) is 8.42. The molecule has 0 nitrogen and oxygen atoms in total. The Morgan fingerprint density at radius 2 is 0.921 bits per heavy atom. The van der Waals surface area contributed by atoms with E-state index in [0.29, 0.717) is 47.9 Å². The topological polar surface area (TPSA) is 0 Å². The van der Waals surface area contributed by atoms with Crippen molar-refractivity contribution in [1.29, 1.82) is 0 Å². The van der Waals surface area contributed by atoms with Crippen LogP contribution in [0.15, 0.2) is 78.4 Å². The van der Waals surface area contributed by atoms with E-state index in [0.717, 1.165) is 33.4 Å². The van der Waals surface area contributed by atoms with Gasteiger partial charge in [0.2, 0.25) is 0 Å². The molecular weight excluding hydrogens is 531 g/mol. The fourth-order valence-corrected chi connectivity index (χ4v) is 7.71. The van der Waals surface area contributed by atoms with E-state index in [1.165, 1.54) is 24.3 Å². The van der Waals surface area contributed by atoms with Crippen LogP contribution in [-0.2, 0) is 30.6 Å². The van der Waals surface area contributed by atoms with Gasteiger partial charge in [0.25, 0.3) is 0 Å². The number of halogens is 6. The highest BCUT2D eigenvalue weighted by atomic mass is 35.5. The predicted molar refractivity (Wildman–Crippen MR) is 142 cm³/mol. The SMILES string of the molecule is Fc1cccc2c1CC1(Cl)Cc3c(F)cccc3C21Cl.Fc1cccc2c1CC1=C2c2cccc(F)c2C1. The summed E-state index contributed by atoms with van der Waals surface area (Å²) in [7, 11) is 0. The Balaban J connectivity index is 0.000000128. The molecule has 8 rings (SSSR count). The van der Waals surface area contributed by atoms with Crippen LogP contribution in [0.1, 0.15) is 44.5 Å². The van der Waals surface area contributed by atoms with Crippen LogP contribution in [0.5, 0.6) is 0 Å². The number of rotatable bonds is 0. The second-order valence-electron chi connectivity index (χ2n) is 10.4. The highest BCUT2D eigenvalue weighted by Gasteiger charge is 2.62. The lowest BCUT2D eigenvalue weighted by Gasteiger charge is -2.31. The molecule has 4 aliphatic carbocycles. The zero-order valence-corrected chi connectivity index (χ0v) is 21.5. The second-order valence-corrected chi connectivity index (χ2v) is 11.7. The van der Waals surface area contributed by atoms with Crippen LogP contribution in [0.3, 0.4) is 0 Å². The van der Waals surface area contributed by atoms with E-state index in [2.05, 4.69) is 0 Å². The number of hydrogen-bond acceptors (Lipinski definition) is 0. The second kappa shape index (κ2) is 8.21. The molecular formula is C32H20Cl2F4. The van der Waals surface area contributed by atoms with Crippen molar-refractivity contribution in [3.8, 4) is 0 Å². The highest BCUT2D eigenvalue weighted by Crippen LogP contribution is 2.63. The lowest BCUT2D eigenvalue weighted by atomic mass is 9.90. The third-order valence-corrected chi connectivity index (χ3v) is 9.84. The zero-order valence-electron chi connectivity index (χ0n) is 20.0. The summed E-state index contributed by atoms with van der Waals surface area (Å²) >= 11 is 13.6. The van der Waals surface area contributed by atoms with Crippen LogP contribution in [-0.4, -0.2) is 4.87 Å². The Hall–Kier alpha value is -3.08. The third-order valence-electron chi connectivity index (χ3n) is 8.42. The van der Waals surface area contributed by atoms with E-state index in [9.17, 15) is 17.6 Å². The molecule has 0 aromatic heterocycles. The first-order valence-corrected chi connectivity index (χ1v) is 13.2. The van der Waals surface area contributed by atoms with E-state index in [1.54, 1.807) is 36.4 Å². The minimum atomic E-state index is -1.05. The average Bonchev–Trinajstić information content (AvgIpc) is 3.56. The van der Waals surface area contributed by atoms with Gasteiger partial charge in [0.05, 0.1) is 4.87 Å². The summed E-state index contributed by atoms with van der Waals surface area (Å²) in [4.78, 5) is -1.95. The van der Waals surface area contributed by atoms with Crippen molar-refractivity contribution in [3.63, 3.8) is 0 Å². The maximum Gasteiger partial charge on any atom is 0.127 e. The van der Waals surface area contributed by atoms with Gasteiger partial charge in [-0.05, 0) is 100 Å². The van der Waals surface area contributed by atoms with Crippen molar-refractivity contribution in [2.75, 3.05) is 0 Å². The Morgan fingerprint density at radius 3 is 1.37 bits per heavy atom. The molecule has 0 aliphatic heterocycles. The fraction of sp³-hybridized carbons (Fsp3) is 0.188. The first kappa shape index (κ1) is 24.0. The normalized spacial score (nSPS) is 23.2. The molecule has 0 amide bonds. The van der Waals surface area contributed by atoms with E-state index in [4.69, 9.17) is 23.2 Å². The molecule has 0 bridgehead atoms. The zero-order chi connectivity index (χ0) is 26.4. The Labute approximate surface area is 227 Å². The molecule has 4 aliphatic rings. The number of fused-ring (bicyclic) bond motifs is 9. The largest absolute Gasteiger partial charge is 0.207 e. The number of allylic oxidation sites excluding steroid dienone is 1. The first-order valence-electron chi connectivity index (χ1n) is 12.4. The van der Waals surface area contributed by atoms with Crippen molar-refractivity contribution >= 4 is 28.8 Å². The van der Waals surface area contributed by atoms with Gasteiger partial charge in [-0.3, -0.25) is 0 Å². The van der Waals surface area contributed by atoms with Gasteiger partial charge in [-0.15, -0.1) is 23.2 Å². The van der Waals surface area contributed by atoms with Gasteiger partial charge in [0, 0.05) is 0 Å². The third kappa shape index (κ3) is 3.11. The number of alkyl halides is 2. The molecule has 0 fully saturated rings. The van der Waals surface area contributed by atoms with E-state index in [1.807, 2.05) is 12.1 Å². The maximum absolute atomic E-state index is 14.0. The summed E-state index contributed by atoms with van der Waals surface area (Å²) in [5, 5.41) is 0. The van der Waals surface area contributed by atoms with Crippen molar-refractivity contribution in [2.45, 2.75) is 35.4 Å². The summed E-state index contributed by atoms with van der Waals surface area (Å²) in [6.07, 6.45) is 1.86. The minimum absolute atomic E-state index is 0.153.